The van der Waals surface area contributed by atoms with Gasteiger partial charge in [-0.25, -0.2) is 15.0 Å². The summed E-state index contributed by atoms with van der Waals surface area (Å²) in [5.74, 6) is 1.18. The van der Waals surface area contributed by atoms with Crippen LogP contribution in [0.25, 0.3) is 44.8 Å². The van der Waals surface area contributed by atoms with Crippen LogP contribution in [0, 0.1) is 0 Å². The Morgan fingerprint density at radius 3 is 2.83 bits per heavy atom. The van der Waals surface area contributed by atoms with E-state index in [1.807, 2.05) is 6.07 Å². The van der Waals surface area contributed by atoms with Gasteiger partial charge in [-0.3, -0.25) is 5.10 Å². The minimum atomic E-state index is 0.492. The van der Waals surface area contributed by atoms with Crippen LogP contribution in [0.1, 0.15) is 24.5 Å². The van der Waals surface area contributed by atoms with Crippen molar-refractivity contribution in [1.82, 2.24) is 35.5 Å². The molecule has 0 atom stereocenters. The Balaban J connectivity index is 1.48. The van der Waals surface area contributed by atoms with Crippen molar-refractivity contribution in [3.63, 3.8) is 0 Å². The zero-order valence-corrected chi connectivity index (χ0v) is 16.5. The lowest BCUT2D eigenvalue weighted by atomic mass is 9.94. The Bertz CT molecular complexity index is 1300. The first kappa shape index (κ1) is 16.8. The summed E-state index contributed by atoms with van der Waals surface area (Å²) in [6.07, 6.45) is 4.03. The highest BCUT2D eigenvalue weighted by Gasteiger charge is 2.20. The molecule has 5 aromatic rings. The third-order valence-electron chi connectivity index (χ3n) is 5.64. The number of piperidine rings is 1. The monoisotopic (exact) mass is 401 g/mol. The molecule has 6 heterocycles. The SMILES string of the molecule is c1cc(-c2ccsc2)c2[nH]c(-c3n[nH]c4ccc(C5CCNCC5)nc34)nc2n1. The second-order valence-electron chi connectivity index (χ2n) is 7.38. The van der Waals surface area contributed by atoms with E-state index in [9.17, 15) is 0 Å². The quantitative estimate of drug-likeness (QED) is 0.423. The van der Waals surface area contributed by atoms with Crippen molar-refractivity contribution in [3.05, 3.63) is 46.9 Å². The number of nitrogens with zero attached hydrogens (tertiary/aromatic N) is 4. The largest absolute Gasteiger partial charge is 0.335 e. The van der Waals surface area contributed by atoms with Crippen molar-refractivity contribution in [1.29, 1.82) is 0 Å². The Morgan fingerprint density at radius 1 is 1.03 bits per heavy atom. The van der Waals surface area contributed by atoms with Gasteiger partial charge in [0.25, 0.3) is 0 Å². The van der Waals surface area contributed by atoms with E-state index in [0.717, 1.165) is 65.0 Å². The molecule has 0 bridgehead atoms. The van der Waals surface area contributed by atoms with E-state index in [2.05, 4.69) is 54.4 Å². The number of H-pyrrole nitrogens is 2. The standard InChI is InChI=1S/C21H19N7S/c1-2-16-18(24-15(1)12-3-7-22-8-4-12)19(28-27-16)21-25-17-14(13-6-10-29-11-13)5-9-23-20(17)26-21/h1-2,5-6,9-12,22H,3-4,7-8H2,(H,27,28)(H,23,25,26). The highest BCUT2D eigenvalue weighted by atomic mass is 32.1. The van der Waals surface area contributed by atoms with Crippen molar-refractivity contribution in [2.75, 3.05) is 13.1 Å². The van der Waals surface area contributed by atoms with Crippen LogP contribution < -0.4 is 5.32 Å². The first-order chi connectivity index (χ1) is 14.4. The van der Waals surface area contributed by atoms with Crippen LogP contribution in [0.2, 0.25) is 0 Å². The molecule has 0 amide bonds. The van der Waals surface area contributed by atoms with E-state index in [-0.39, 0.29) is 0 Å². The first-order valence-corrected chi connectivity index (χ1v) is 10.7. The van der Waals surface area contributed by atoms with Crippen molar-refractivity contribution in [2.45, 2.75) is 18.8 Å². The fourth-order valence-corrected chi connectivity index (χ4v) is 4.76. The lowest BCUT2D eigenvalue weighted by Gasteiger charge is -2.22. The third-order valence-corrected chi connectivity index (χ3v) is 6.32. The molecule has 0 spiro atoms. The lowest BCUT2D eigenvalue weighted by molar-refractivity contribution is 0.454. The second kappa shape index (κ2) is 6.75. The maximum atomic E-state index is 4.98. The summed E-state index contributed by atoms with van der Waals surface area (Å²) in [5.41, 5.74) is 7.52. The zero-order valence-electron chi connectivity index (χ0n) is 15.6. The highest BCUT2D eigenvalue weighted by Crippen LogP contribution is 2.32. The second-order valence-corrected chi connectivity index (χ2v) is 8.16. The van der Waals surface area contributed by atoms with Gasteiger partial charge in [-0.15, -0.1) is 0 Å². The summed E-state index contributed by atoms with van der Waals surface area (Å²) in [6, 6.07) is 8.32. The average Bonchev–Trinajstić information content (AvgIpc) is 3.52. The molecule has 6 rings (SSSR count). The summed E-state index contributed by atoms with van der Waals surface area (Å²) in [5, 5.41) is 15.2. The van der Waals surface area contributed by atoms with E-state index in [4.69, 9.17) is 9.97 Å². The normalized spacial score (nSPS) is 15.4. The van der Waals surface area contributed by atoms with Gasteiger partial charge in [0.05, 0.1) is 11.0 Å². The molecule has 29 heavy (non-hydrogen) atoms. The van der Waals surface area contributed by atoms with Gasteiger partial charge in [0.2, 0.25) is 0 Å². The molecule has 0 radical (unpaired) electrons. The molecule has 1 aliphatic rings. The van der Waals surface area contributed by atoms with Crippen molar-refractivity contribution < 1.29 is 0 Å². The minimum Gasteiger partial charge on any atom is -0.335 e. The molecule has 1 saturated heterocycles. The summed E-state index contributed by atoms with van der Waals surface area (Å²) in [7, 11) is 0. The molecule has 1 aliphatic heterocycles. The Morgan fingerprint density at radius 2 is 1.97 bits per heavy atom. The average molecular weight is 401 g/mol. The van der Waals surface area contributed by atoms with Crippen LogP contribution >= 0.6 is 11.3 Å². The number of thiophene rings is 1. The molecule has 1 fully saturated rings. The predicted molar refractivity (Wildman–Crippen MR) is 115 cm³/mol. The molecular formula is C21H19N7S. The maximum Gasteiger partial charge on any atom is 0.178 e. The van der Waals surface area contributed by atoms with Gasteiger partial charge in [-0.05, 0) is 66.5 Å². The van der Waals surface area contributed by atoms with Crippen molar-refractivity contribution >= 4 is 33.5 Å². The van der Waals surface area contributed by atoms with Crippen LogP contribution in [0.5, 0.6) is 0 Å². The first-order valence-electron chi connectivity index (χ1n) is 9.80. The van der Waals surface area contributed by atoms with Crippen molar-refractivity contribution in [3.8, 4) is 22.6 Å². The van der Waals surface area contributed by atoms with Crippen molar-refractivity contribution in [2.24, 2.45) is 0 Å². The summed E-state index contributed by atoms with van der Waals surface area (Å²) < 4.78 is 0. The minimum absolute atomic E-state index is 0.492. The number of nitrogens with one attached hydrogen (secondary N) is 3. The number of imidazole rings is 1. The molecule has 144 valence electrons. The number of fused-ring (bicyclic) bond motifs is 2. The number of hydrogen-bond donors (Lipinski definition) is 3. The van der Waals surface area contributed by atoms with E-state index in [0.29, 0.717) is 17.4 Å². The van der Waals surface area contributed by atoms with Crippen LogP contribution in [-0.2, 0) is 0 Å². The van der Waals surface area contributed by atoms with Crippen LogP contribution in [0.3, 0.4) is 0 Å². The molecule has 0 aliphatic carbocycles. The van der Waals surface area contributed by atoms with Gasteiger partial charge in [-0.1, -0.05) is 0 Å². The Labute approximate surface area is 170 Å². The van der Waals surface area contributed by atoms with E-state index in [1.54, 1.807) is 17.5 Å². The predicted octanol–water partition coefficient (Wildman–Crippen LogP) is 4.09. The fourth-order valence-electron chi connectivity index (χ4n) is 4.11. The summed E-state index contributed by atoms with van der Waals surface area (Å²) in [6.45, 7) is 2.09. The fraction of sp³-hybridized carbons (Fsp3) is 0.238. The zero-order chi connectivity index (χ0) is 19.2. The van der Waals surface area contributed by atoms with Gasteiger partial charge in [0.15, 0.2) is 17.2 Å². The Kier molecular flexibility index (Phi) is 3.92. The van der Waals surface area contributed by atoms with Crippen LogP contribution in [0.4, 0.5) is 0 Å². The lowest BCUT2D eigenvalue weighted by Crippen LogP contribution is -2.27. The molecule has 0 aromatic carbocycles. The molecular weight excluding hydrogens is 382 g/mol. The van der Waals surface area contributed by atoms with Crippen LogP contribution in [-0.4, -0.2) is 43.2 Å². The van der Waals surface area contributed by atoms with Gasteiger partial charge in [-0.2, -0.15) is 16.4 Å². The molecule has 8 heteroatoms. The van der Waals surface area contributed by atoms with Crippen LogP contribution in [0.15, 0.2) is 41.2 Å². The van der Waals surface area contributed by atoms with Gasteiger partial charge < -0.3 is 10.3 Å². The molecule has 0 saturated carbocycles. The highest BCUT2D eigenvalue weighted by molar-refractivity contribution is 7.08. The number of pyridine rings is 2. The number of aromatic nitrogens is 6. The van der Waals surface area contributed by atoms with E-state index >= 15 is 0 Å². The molecule has 0 unspecified atom stereocenters. The maximum absolute atomic E-state index is 4.98. The number of rotatable bonds is 3. The topological polar surface area (TPSA) is 95.2 Å². The number of aromatic amines is 2. The summed E-state index contributed by atoms with van der Waals surface area (Å²) in [4.78, 5) is 17.6. The van der Waals surface area contributed by atoms with Gasteiger partial charge in [0.1, 0.15) is 5.52 Å². The third kappa shape index (κ3) is 2.83. The van der Waals surface area contributed by atoms with Gasteiger partial charge >= 0.3 is 0 Å². The smallest absolute Gasteiger partial charge is 0.178 e. The van der Waals surface area contributed by atoms with E-state index < -0.39 is 0 Å². The molecule has 3 N–H and O–H groups in total. The summed E-state index contributed by atoms with van der Waals surface area (Å²) >= 11 is 1.68. The van der Waals surface area contributed by atoms with Gasteiger partial charge in [0, 0.05) is 23.4 Å². The Hall–Kier alpha value is -3.10. The van der Waals surface area contributed by atoms with E-state index in [1.165, 1.54) is 0 Å². The number of hydrogen-bond acceptors (Lipinski definition) is 6. The molecule has 7 nitrogen and oxygen atoms in total. The molecule has 5 aromatic heterocycles.